The van der Waals surface area contributed by atoms with Crippen molar-refractivity contribution in [2.45, 2.75) is 13.3 Å². The Balaban J connectivity index is 1.74. The minimum absolute atomic E-state index is 0.0253. The molecule has 4 nitrogen and oxygen atoms in total. The van der Waals surface area contributed by atoms with Crippen LogP contribution in [-0.4, -0.2) is 12.5 Å². The molecule has 1 amide bonds. The SMILES string of the molecule is CCOc1ccc(NC(=O)/C(C#N)=C/c2ccc(Cc3ccccc3F)c(Br)c2)cc1. The van der Waals surface area contributed by atoms with Gasteiger partial charge in [-0.3, -0.25) is 4.79 Å². The van der Waals surface area contributed by atoms with Crippen LogP contribution in [-0.2, 0) is 11.2 Å². The number of halogens is 2. The maximum absolute atomic E-state index is 13.9. The molecule has 0 unspecified atom stereocenters. The zero-order chi connectivity index (χ0) is 22.2. The maximum atomic E-state index is 13.9. The van der Waals surface area contributed by atoms with Gasteiger partial charge in [0.2, 0.25) is 0 Å². The van der Waals surface area contributed by atoms with E-state index in [2.05, 4.69) is 21.2 Å². The van der Waals surface area contributed by atoms with Crippen LogP contribution in [0, 0.1) is 17.1 Å². The highest BCUT2D eigenvalue weighted by atomic mass is 79.9. The van der Waals surface area contributed by atoms with Gasteiger partial charge in [-0.2, -0.15) is 5.26 Å². The van der Waals surface area contributed by atoms with Crippen molar-refractivity contribution in [1.82, 2.24) is 0 Å². The van der Waals surface area contributed by atoms with Gasteiger partial charge in [0.25, 0.3) is 5.91 Å². The van der Waals surface area contributed by atoms with Gasteiger partial charge in [-0.15, -0.1) is 0 Å². The van der Waals surface area contributed by atoms with Crippen LogP contribution in [0.4, 0.5) is 10.1 Å². The first-order valence-corrected chi connectivity index (χ1v) is 10.5. The molecule has 6 heteroatoms. The molecule has 0 aliphatic rings. The number of rotatable bonds is 7. The molecule has 0 aliphatic heterocycles. The summed E-state index contributed by atoms with van der Waals surface area (Å²) < 4.78 is 20.1. The number of nitrogens with one attached hydrogen (secondary N) is 1. The fourth-order valence-electron chi connectivity index (χ4n) is 2.96. The summed E-state index contributed by atoms with van der Waals surface area (Å²) >= 11 is 3.50. The van der Waals surface area contributed by atoms with Gasteiger partial charge in [-0.05, 0) is 66.1 Å². The van der Waals surface area contributed by atoms with E-state index >= 15 is 0 Å². The summed E-state index contributed by atoms with van der Waals surface area (Å²) in [6, 6.07) is 20.9. The van der Waals surface area contributed by atoms with Crippen LogP contribution in [0.2, 0.25) is 0 Å². The standard InChI is InChI=1S/C25H20BrFN2O2/c1-2-31-22-11-9-21(10-12-22)29-25(30)20(16-28)13-17-7-8-18(23(26)14-17)15-19-5-3-4-6-24(19)27/h3-14H,2,15H2,1H3,(H,29,30)/b20-13+. The molecule has 0 spiro atoms. The van der Waals surface area contributed by atoms with Crippen molar-refractivity contribution in [3.63, 3.8) is 0 Å². The van der Waals surface area contributed by atoms with Crippen molar-refractivity contribution in [2.24, 2.45) is 0 Å². The van der Waals surface area contributed by atoms with Crippen LogP contribution < -0.4 is 10.1 Å². The Hall–Kier alpha value is -3.43. The van der Waals surface area contributed by atoms with Crippen LogP contribution in [0.15, 0.2) is 76.8 Å². The van der Waals surface area contributed by atoms with E-state index in [1.54, 1.807) is 54.6 Å². The zero-order valence-corrected chi connectivity index (χ0v) is 18.4. The summed E-state index contributed by atoms with van der Waals surface area (Å²) in [6.07, 6.45) is 1.95. The van der Waals surface area contributed by atoms with Gasteiger partial charge < -0.3 is 10.1 Å². The van der Waals surface area contributed by atoms with E-state index in [4.69, 9.17) is 4.74 Å². The predicted molar refractivity (Wildman–Crippen MR) is 123 cm³/mol. The summed E-state index contributed by atoms with van der Waals surface area (Å²) in [7, 11) is 0. The van der Waals surface area contributed by atoms with Gasteiger partial charge in [0.15, 0.2) is 0 Å². The third kappa shape index (κ3) is 6.03. The highest BCUT2D eigenvalue weighted by molar-refractivity contribution is 9.10. The van der Waals surface area contributed by atoms with E-state index in [1.807, 2.05) is 19.1 Å². The number of carbonyl (C=O) groups excluding carboxylic acids is 1. The van der Waals surface area contributed by atoms with Gasteiger partial charge in [0.1, 0.15) is 23.2 Å². The molecule has 3 aromatic carbocycles. The van der Waals surface area contributed by atoms with Gasteiger partial charge in [0.05, 0.1) is 6.61 Å². The number of hydrogen-bond acceptors (Lipinski definition) is 3. The summed E-state index contributed by atoms with van der Waals surface area (Å²) in [6.45, 7) is 2.45. The maximum Gasteiger partial charge on any atom is 0.266 e. The number of amides is 1. The Labute approximate surface area is 189 Å². The minimum atomic E-state index is -0.502. The Kier molecular flexibility index (Phi) is 7.58. The lowest BCUT2D eigenvalue weighted by molar-refractivity contribution is -0.112. The Morgan fingerprint density at radius 1 is 1.13 bits per heavy atom. The monoisotopic (exact) mass is 478 g/mol. The van der Waals surface area contributed by atoms with Crippen LogP contribution in [0.25, 0.3) is 6.08 Å². The van der Waals surface area contributed by atoms with Gasteiger partial charge in [-0.25, -0.2) is 4.39 Å². The highest BCUT2D eigenvalue weighted by Crippen LogP contribution is 2.24. The molecule has 0 bridgehead atoms. The summed E-state index contributed by atoms with van der Waals surface area (Å²) in [4.78, 5) is 12.5. The van der Waals surface area contributed by atoms with Crippen molar-refractivity contribution in [1.29, 1.82) is 5.26 Å². The van der Waals surface area contributed by atoms with Crippen LogP contribution in [0.5, 0.6) is 5.75 Å². The number of nitrogens with zero attached hydrogens (tertiary/aromatic N) is 1. The van der Waals surface area contributed by atoms with Gasteiger partial charge in [-0.1, -0.05) is 46.3 Å². The molecule has 0 radical (unpaired) electrons. The highest BCUT2D eigenvalue weighted by Gasteiger charge is 2.11. The quantitative estimate of drug-likeness (QED) is 0.328. The van der Waals surface area contributed by atoms with Crippen LogP contribution in [0.1, 0.15) is 23.6 Å². The van der Waals surface area contributed by atoms with Crippen molar-refractivity contribution in [3.8, 4) is 11.8 Å². The lowest BCUT2D eigenvalue weighted by Gasteiger charge is -2.08. The fraction of sp³-hybridized carbons (Fsp3) is 0.120. The molecular formula is C25H20BrFN2O2. The molecule has 0 atom stereocenters. The average molecular weight is 479 g/mol. The number of anilines is 1. The third-order valence-corrected chi connectivity index (χ3v) is 5.25. The van der Waals surface area contributed by atoms with E-state index < -0.39 is 5.91 Å². The molecule has 0 saturated heterocycles. The molecule has 31 heavy (non-hydrogen) atoms. The zero-order valence-electron chi connectivity index (χ0n) is 16.9. The Morgan fingerprint density at radius 3 is 2.52 bits per heavy atom. The van der Waals surface area contributed by atoms with Crippen LogP contribution in [0.3, 0.4) is 0 Å². The molecule has 1 N–H and O–H groups in total. The van der Waals surface area contributed by atoms with Crippen molar-refractivity contribution < 1.29 is 13.9 Å². The van der Waals surface area contributed by atoms with Gasteiger partial charge in [0, 0.05) is 16.6 Å². The topological polar surface area (TPSA) is 62.1 Å². The molecule has 0 heterocycles. The smallest absolute Gasteiger partial charge is 0.266 e. The van der Waals surface area contributed by atoms with Crippen molar-refractivity contribution >= 4 is 33.6 Å². The summed E-state index contributed by atoms with van der Waals surface area (Å²) in [5, 5.41) is 12.2. The van der Waals surface area contributed by atoms with E-state index in [1.165, 1.54) is 12.1 Å². The minimum Gasteiger partial charge on any atom is -0.494 e. The first-order valence-electron chi connectivity index (χ1n) is 9.68. The molecule has 3 rings (SSSR count). The van der Waals surface area contributed by atoms with E-state index in [0.29, 0.717) is 35.6 Å². The second-order valence-corrected chi connectivity index (χ2v) is 7.55. The van der Waals surface area contributed by atoms with E-state index in [-0.39, 0.29) is 11.4 Å². The van der Waals surface area contributed by atoms with E-state index in [9.17, 15) is 14.4 Å². The molecule has 0 aliphatic carbocycles. The molecule has 3 aromatic rings. The number of carbonyl (C=O) groups is 1. The first kappa shape index (κ1) is 22.3. The Bertz CT molecular complexity index is 1150. The van der Waals surface area contributed by atoms with Crippen molar-refractivity contribution in [3.05, 3.63) is 99.3 Å². The number of ether oxygens (including phenoxy) is 1. The number of hydrogen-bond donors (Lipinski definition) is 1. The molecule has 0 fully saturated rings. The fourth-order valence-corrected chi connectivity index (χ4v) is 3.50. The second kappa shape index (κ2) is 10.6. The molecule has 0 aromatic heterocycles. The number of nitriles is 1. The molecular weight excluding hydrogens is 459 g/mol. The Morgan fingerprint density at radius 2 is 1.87 bits per heavy atom. The van der Waals surface area contributed by atoms with Crippen LogP contribution >= 0.6 is 15.9 Å². The largest absolute Gasteiger partial charge is 0.494 e. The number of benzene rings is 3. The third-order valence-electron chi connectivity index (χ3n) is 4.52. The van der Waals surface area contributed by atoms with Gasteiger partial charge >= 0.3 is 0 Å². The summed E-state index contributed by atoms with van der Waals surface area (Å²) in [5.41, 5.74) is 2.72. The lowest BCUT2D eigenvalue weighted by atomic mass is 10.0. The first-order chi connectivity index (χ1) is 15.0. The average Bonchev–Trinajstić information content (AvgIpc) is 2.76. The predicted octanol–water partition coefficient (Wildman–Crippen LogP) is 6.12. The summed E-state index contributed by atoms with van der Waals surface area (Å²) in [5.74, 6) is -0.0498. The second-order valence-electron chi connectivity index (χ2n) is 6.70. The normalized spacial score (nSPS) is 11.0. The molecule has 156 valence electrons. The molecule has 0 saturated carbocycles. The van der Waals surface area contributed by atoms with E-state index in [0.717, 1.165) is 10.0 Å². The van der Waals surface area contributed by atoms with Crippen molar-refractivity contribution in [2.75, 3.05) is 11.9 Å². The lowest BCUT2D eigenvalue weighted by Crippen LogP contribution is -2.13.